The molecule has 0 amide bonds. The van der Waals surface area contributed by atoms with E-state index in [2.05, 4.69) is 10.2 Å². The first-order chi connectivity index (χ1) is 8.29. The normalized spacial score (nSPS) is 12.4. The highest BCUT2D eigenvalue weighted by Gasteiger charge is 2.12. The molecule has 0 aliphatic rings. The Kier molecular flexibility index (Phi) is 3.72. The van der Waals surface area contributed by atoms with Crippen LogP contribution in [0.4, 0.5) is 0 Å². The largest absolute Gasteiger partial charge is 0.484 e. The van der Waals surface area contributed by atoms with Crippen molar-refractivity contribution in [3.05, 3.63) is 42.1 Å². The molecular weight excluding hydrogens is 218 g/mol. The van der Waals surface area contributed by atoms with Gasteiger partial charge >= 0.3 is 0 Å². The molecule has 1 heterocycles. The summed E-state index contributed by atoms with van der Waals surface area (Å²) in [5.41, 5.74) is 5.78. The van der Waals surface area contributed by atoms with E-state index in [4.69, 9.17) is 14.9 Å². The highest BCUT2D eigenvalue weighted by molar-refractivity contribution is 5.20. The van der Waals surface area contributed by atoms with Gasteiger partial charge in [-0.3, -0.25) is 0 Å². The SMILES string of the molecule is CCC(N)c1nnc(COc2ccccc2)o1. The molecule has 0 radical (unpaired) electrons. The summed E-state index contributed by atoms with van der Waals surface area (Å²) in [6, 6.07) is 9.28. The minimum atomic E-state index is -0.201. The van der Waals surface area contributed by atoms with Crippen LogP contribution < -0.4 is 10.5 Å². The summed E-state index contributed by atoms with van der Waals surface area (Å²) >= 11 is 0. The van der Waals surface area contributed by atoms with Gasteiger partial charge in [-0.25, -0.2) is 0 Å². The van der Waals surface area contributed by atoms with Crippen LogP contribution in [0.2, 0.25) is 0 Å². The smallest absolute Gasteiger partial charge is 0.253 e. The van der Waals surface area contributed by atoms with Gasteiger partial charge < -0.3 is 14.9 Å². The Balaban J connectivity index is 1.94. The topological polar surface area (TPSA) is 74.2 Å². The predicted molar refractivity (Wildman–Crippen MR) is 62.3 cm³/mol. The first-order valence-electron chi connectivity index (χ1n) is 5.55. The fourth-order valence-electron chi connectivity index (χ4n) is 1.31. The van der Waals surface area contributed by atoms with Crippen LogP contribution in [0.5, 0.6) is 5.75 Å². The first kappa shape index (κ1) is 11.6. The summed E-state index contributed by atoms with van der Waals surface area (Å²) in [6.07, 6.45) is 0.765. The van der Waals surface area contributed by atoms with Crippen LogP contribution >= 0.6 is 0 Å². The second-order valence-electron chi connectivity index (χ2n) is 3.65. The molecule has 2 rings (SSSR count). The lowest BCUT2D eigenvalue weighted by molar-refractivity contribution is 0.256. The molecule has 5 heteroatoms. The lowest BCUT2D eigenvalue weighted by Gasteiger charge is -2.02. The lowest BCUT2D eigenvalue weighted by atomic mass is 10.2. The number of benzene rings is 1. The molecule has 0 bridgehead atoms. The van der Waals surface area contributed by atoms with Gasteiger partial charge in [-0.05, 0) is 18.6 Å². The summed E-state index contributed by atoms with van der Waals surface area (Å²) in [5, 5.41) is 7.76. The van der Waals surface area contributed by atoms with Gasteiger partial charge in [0.2, 0.25) is 5.89 Å². The van der Waals surface area contributed by atoms with Crippen molar-refractivity contribution in [1.82, 2.24) is 10.2 Å². The van der Waals surface area contributed by atoms with Crippen LogP contribution in [-0.4, -0.2) is 10.2 Å². The number of nitrogens with two attached hydrogens (primary N) is 1. The van der Waals surface area contributed by atoms with Crippen molar-refractivity contribution in [2.24, 2.45) is 5.73 Å². The van der Waals surface area contributed by atoms with Gasteiger partial charge in [-0.1, -0.05) is 25.1 Å². The van der Waals surface area contributed by atoms with E-state index < -0.39 is 0 Å². The molecule has 2 aromatic rings. The number of para-hydroxylation sites is 1. The van der Waals surface area contributed by atoms with Crippen LogP contribution in [0.25, 0.3) is 0 Å². The molecule has 0 spiro atoms. The van der Waals surface area contributed by atoms with Crippen LogP contribution in [0, 0.1) is 0 Å². The number of rotatable bonds is 5. The maximum atomic E-state index is 5.78. The zero-order valence-corrected chi connectivity index (χ0v) is 9.67. The Hall–Kier alpha value is -1.88. The van der Waals surface area contributed by atoms with Crippen LogP contribution in [0.1, 0.15) is 31.2 Å². The van der Waals surface area contributed by atoms with E-state index >= 15 is 0 Å². The number of hydrogen-bond acceptors (Lipinski definition) is 5. The molecule has 5 nitrogen and oxygen atoms in total. The minimum Gasteiger partial charge on any atom is -0.484 e. The maximum Gasteiger partial charge on any atom is 0.253 e. The summed E-state index contributed by atoms with van der Waals surface area (Å²) in [5.74, 6) is 1.67. The van der Waals surface area contributed by atoms with Crippen molar-refractivity contribution in [2.45, 2.75) is 26.0 Å². The monoisotopic (exact) mass is 233 g/mol. The Labute approximate surface area is 99.6 Å². The molecule has 1 aromatic carbocycles. The van der Waals surface area contributed by atoms with E-state index in [1.165, 1.54) is 0 Å². The lowest BCUT2D eigenvalue weighted by Crippen LogP contribution is -2.08. The Morgan fingerprint density at radius 3 is 2.76 bits per heavy atom. The molecule has 2 N–H and O–H groups in total. The predicted octanol–water partition coefficient (Wildman–Crippen LogP) is 2.06. The van der Waals surface area contributed by atoms with Crippen molar-refractivity contribution in [1.29, 1.82) is 0 Å². The molecule has 90 valence electrons. The van der Waals surface area contributed by atoms with Gasteiger partial charge in [-0.15, -0.1) is 10.2 Å². The minimum absolute atomic E-state index is 0.201. The zero-order valence-electron chi connectivity index (χ0n) is 9.67. The highest BCUT2D eigenvalue weighted by Crippen LogP contribution is 2.14. The third-order valence-corrected chi connectivity index (χ3v) is 2.35. The van der Waals surface area contributed by atoms with E-state index in [0.29, 0.717) is 11.8 Å². The second-order valence-corrected chi connectivity index (χ2v) is 3.65. The molecule has 1 atom stereocenters. The van der Waals surface area contributed by atoms with E-state index in [1.54, 1.807) is 0 Å². The van der Waals surface area contributed by atoms with Crippen LogP contribution in [0.15, 0.2) is 34.7 Å². The van der Waals surface area contributed by atoms with Crippen LogP contribution in [0.3, 0.4) is 0 Å². The first-order valence-corrected chi connectivity index (χ1v) is 5.55. The van der Waals surface area contributed by atoms with Crippen molar-refractivity contribution in [2.75, 3.05) is 0 Å². The standard InChI is InChI=1S/C12H15N3O2/c1-2-10(13)12-15-14-11(17-12)8-16-9-6-4-3-5-7-9/h3-7,10H,2,8,13H2,1H3. The van der Waals surface area contributed by atoms with E-state index in [0.717, 1.165) is 12.2 Å². The summed E-state index contributed by atoms with van der Waals surface area (Å²) in [6.45, 7) is 2.22. The fourth-order valence-corrected chi connectivity index (χ4v) is 1.31. The fraction of sp³-hybridized carbons (Fsp3) is 0.333. The number of nitrogens with zero attached hydrogens (tertiary/aromatic N) is 2. The molecule has 1 aromatic heterocycles. The third kappa shape index (κ3) is 3.04. The molecule has 0 saturated carbocycles. The summed E-state index contributed by atoms with van der Waals surface area (Å²) in [7, 11) is 0. The number of ether oxygens (including phenoxy) is 1. The molecule has 0 aliphatic carbocycles. The van der Waals surface area contributed by atoms with E-state index in [9.17, 15) is 0 Å². The Bertz CT molecular complexity index is 456. The molecule has 17 heavy (non-hydrogen) atoms. The van der Waals surface area contributed by atoms with Gasteiger partial charge in [0.25, 0.3) is 5.89 Å². The third-order valence-electron chi connectivity index (χ3n) is 2.35. The Morgan fingerprint density at radius 1 is 1.29 bits per heavy atom. The van der Waals surface area contributed by atoms with Gasteiger partial charge in [0.1, 0.15) is 5.75 Å². The number of hydrogen-bond donors (Lipinski definition) is 1. The van der Waals surface area contributed by atoms with E-state index in [1.807, 2.05) is 37.3 Å². The van der Waals surface area contributed by atoms with Crippen LogP contribution in [-0.2, 0) is 6.61 Å². The molecule has 1 unspecified atom stereocenters. The van der Waals surface area contributed by atoms with Gasteiger partial charge in [0.15, 0.2) is 6.61 Å². The zero-order chi connectivity index (χ0) is 12.1. The van der Waals surface area contributed by atoms with Crippen molar-refractivity contribution in [3.63, 3.8) is 0 Å². The quantitative estimate of drug-likeness (QED) is 0.855. The number of aromatic nitrogens is 2. The second kappa shape index (κ2) is 5.45. The van der Waals surface area contributed by atoms with Crippen molar-refractivity contribution in [3.8, 4) is 5.75 Å². The van der Waals surface area contributed by atoms with Gasteiger partial charge in [0, 0.05) is 0 Å². The average molecular weight is 233 g/mol. The van der Waals surface area contributed by atoms with Gasteiger partial charge in [0.05, 0.1) is 6.04 Å². The van der Waals surface area contributed by atoms with Gasteiger partial charge in [-0.2, -0.15) is 0 Å². The summed E-state index contributed by atoms with van der Waals surface area (Å²) < 4.78 is 10.9. The highest BCUT2D eigenvalue weighted by atomic mass is 16.5. The average Bonchev–Trinajstić information content (AvgIpc) is 2.85. The molecular formula is C12H15N3O2. The van der Waals surface area contributed by atoms with Crippen molar-refractivity contribution < 1.29 is 9.15 Å². The molecule has 0 fully saturated rings. The molecule has 0 saturated heterocycles. The Morgan fingerprint density at radius 2 is 2.06 bits per heavy atom. The maximum absolute atomic E-state index is 5.78. The molecule has 0 aliphatic heterocycles. The van der Waals surface area contributed by atoms with Crippen molar-refractivity contribution >= 4 is 0 Å². The van der Waals surface area contributed by atoms with E-state index in [-0.39, 0.29) is 12.6 Å². The summed E-state index contributed by atoms with van der Waals surface area (Å²) in [4.78, 5) is 0.